The number of ether oxygens (including phenoxy) is 1. The summed E-state index contributed by atoms with van der Waals surface area (Å²) >= 11 is 5.79. The van der Waals surface area contributed by atoms with Crippen molar-refractivity contribution in [3.63, 3.8) is 0 Å². The van der Waals surface area contributed by atoms with E-state index in [1.165, 1.54) is 6.07 Å². The molecule has 0 atom stereocenters. The van der Waals surface area contributed by atoms with Crippen molar-refractivity contribution in [1.82, 2.24) is 0 Å². The largest absolute Gasteiger partial charge is 0.460 e. The Morgan fingerprint density at radius 1 is 1.60 bits per heavy atom. The van der Waals surface area contributed by atoms with Gasteiger partial charge in [0, 0.05) is 10.7 Å². The quantitative estimate of drug-likeness (QED) is 0.607. The number of hydrogen-bond donors (Lipinski definition) is 2. The fourth-order valence-corrected chi connectivity index (χ4v) is 1.41. The molecule has 82 valence electrons. The van der Waals surface area contributed by atoms with E-state index in [4.69, 9.17) is 27.2 Å². The summed E-state index contributed by atoms with van der Waals surface area (Å²) in [6.45, 7) is 1.49. The molecular weight excluding hydrogens is 218 g/mol. The lowest BCUT2D eigenvalue weighted by Gasteiger charge is -2.08. The number of esters is 1. The fourth-order valence-electron chi connectivity index (χ4n) is 1.14. The van der Waals surface area contributed by atoms with Gasteiger partial charge in [-0.1, -0.05) is 11.6 Å². The highest BCUT2D eigenvalue weighted by molar-refractivity contribution is 6.31. The molecule has 0 radical (unpaired) electrons. The van der Waals surface area contributed by atoms with Crippen LogP contribution < -0.4 is 5.73 Å². The minimum Gasteiger partial charge on any atom is -0.460 e. The van der Waals surface area contributed by atoms with Crippen LogP contribution in [0.15, 0.2) is 12.1 Å². The molecule has 1 rings (SSSR count). The molecule has 0 bridgehead atoms. The summed E-state index contributed by atoms with van der Waals surface area (Å²) in [4.78, 5) is 11.5. The Morgan fingerprint density at radius 2 is 2.27 bits per heavy atom. The van der Waals surface area contributed by atoms with Crippen LogP contribution in [0.1, 0.15) is 15.9 Å². The monoisotopic (exact) mass is 229 g/mol. The zero-order chi connectivity index (χ0) is 11.4. The third-order valence-corrected chi connectivity index (χ3v) is 2.11. The zero-order valence-corrected chi connectivity index (χ0v) is 9.04. The van der Waals surface area contributed by atoms with E-state index < -0.39 is 5.97 Å². The molecule has 3 N–H and O–H groups in total. The number of carbonyl (C=O) groups excluding carboxylic acids is 1. The van der Waals surface area contributed by atoms with Gasteiger partial charge in [0.05, 0.1) is 12.2 Å². The lowest BCUT2D eigenvalue weighted by Crippen LogP contribution is -2.11. The molecule has 0 spiro atoms. The first kappa shape index (κ1) is 11.8. The van der Waals surface area contributed by atoms with Gasteiger partial charge in [-0.15, -0.1) is 0 Å². The smallest absolute Gasteiger partial charge is 0.340 e. The van der Waals surface area contributed by atoms with Crippen LogP contribution >= 0.6 is 11.6 Å². The standard InChI is InChI=1S/C10H12ClNO3/c1-6-4-7(11)5-8(9(6)12)10(14)15-3-2-13/h4-5,13H,2-3,12H2,1H3. The molecule has 0 aliphatic heterocycles. The van der Waals surface area contributed by atoms with Gasteiger partial charge in [0.15, 0.2) is 0 Å². The second-order valence-corrected chi connectivity index (χ2v) is 3.48. The second kappa shape index (κ2) is 5.00. The van der Waals surface area contributed by atoms with Gasteiger partial charge < -0.3 is 15.6 Å². The van der Waals surface area contributed by atoms with Crippen LogP contribution in [-0.2, 0) is 4.74 Å². The van der Waals surface area contributed by atoms with Crippen molar-refractivity contribution in [2.75, 3.05) is 18.9 Å². The predicted octanol–water partition coefficient (Wildman–Crippen LogP) is 1.38. The van der Waals surface area contributed by atoms with Crippen molar-refractivity contribution >= 4 is 23.3 Å². The first-order chi connectivity index (χ1) is 7.06. The highest BCUT2D eigenvalue weighted by Crippen LogP contribution is 2.23. The van der Waals surface area contributed by atoms with Crippen molar-refractivity contribution in [2.45, 2.75) is 6.92 Å². The topological polar surface area (TPSA) is 72.5 Å². The minimum atomic E-state index is -0.577. The Kier molecular flexibility index (Phi) is 3.94. The zero-order valence-electron chi connectivity index (χ0n) is 8.29. The van der Waals surface area contributed by atoms with Crippen LogP contribution in [0.2, 0.25) is 5.02 Å². The number of benzene rings is 1. The van der Waals surface area contributed by atoms with E-state index >= 15 is 0 Å². The summed E-state index contributed by atoms with van der Waals surface area (Å²) in [6, 6.07) is 3.11. The summed E-state index contributed by atoms with van der Waals surface area (Å²) in [5.74, 6) is -0.577. The molecule has 4 nitrogen and oxygen atoms in total. The molecule has 1 aromatic rings. The normalized spacial score (nSPS) is 10.1. The van der Waals surface area contributed by atoms with Gasteiger partial charge in [0.2, 0.25) is 0 Å². The Balaban J connectivity index is 2.98. The average Bonchev–Trinajstić information content (AvgIpc) is 2.19. The predicted molar refractivity (Wildman–Crippen MR) is 58.0 cm³/mol. The molecule has 0 amide bonds. The number of anilines is 1. The third-order valence-electron chi connectivity index (χ3n) is 1.90. The molecule has 0 heterocycles. The molecule has 0 unspecified atom stereocenters. The summed E-state index contributed by atoms with van der Waals surface area (Å²) in [7, 11) is 0. The number of aryl methyl sites for hydroxylation is 1. The van der Waals surface area contributed by atoms with Crippen molar-refractivity contribution in [1.29, 1.82) is 0 Å². The van der Waals surface area contributed by atoms with Crippen LogP contribution in [0.3, 0.4) is 0 Å². The van der Waals surface area contributed by atoms with Crippen molar-refractivity contribution in [3.05, 3.63) is 28.3 Å². The van der Waals surface area contributed by atoms with Crippen molar-refractivity contribution < 1.29 is 14.6 Å². The van der Waals surface area contributed by atoms with Crippen LogP contribution in [0, 0.1) is 6.92 Å². The lowest BCUT2D eigenvalue weighted by molar-refractivity contribution is 0.0435. The number of aliphatic hydroxyl groups excluding tert-OH is 1. The maximum Gasteiger partial charge on any atom is 0.340 e. The SMILES string of the molecule is Cc1cc(Cl)cc(C(=O)OCCO)c1N. The minimum absolute atomic E-state index is 0.0518. The van der Waals surface area contributed by atoms with E-state index in [1.807, 2.05) is 0 Å². The summed E-state index contributed by atoms with van der Waals surface area (Å²) < 4.78 is 4.74. The Bertz CT molecular complexity index is 379. The maximum absolute atomic E-state index is 11.5. The molecule has 0 saturated heterocycles. The van der Waals surface area contributed by atoms with Gasteiger partial charge in [-0.2, -0.15) is 0 Å². The summed E-state index contributed by atoms with van der Waals surface area (Å²) in [5.41, 5.74) is 7.00. The molecule has 0 aliphatic rings. The van der Waals surface area contributed by atoms with Gasteiger partial charge in [-0.3, -0.25) is 0 Å². The number of rotatable bonds is 3. The molecule has 0 aromatic heterocycles. The molecule has 15 heavy (non-hydrogen) atoms. The van der Waals surface area contributed by atoms with E-state index in [0.29, 0.717) is 10.7 Å². The Hall–Kier alpha value is -1.26. The summed E-state index contributed by atoms with van der Waals surface area (Å²) in [6.07, 6.45) is 0. The Morgan fingerprint density at radius 3 is 2.87 bits per heavy atom. The molecule has 0 aliphatic carbocycles. The first-order valence-electron chi connectivity index (χ1n) is 4.40. The van der Waals surface area contributed by atoms with E-state index in [2.05, 4.69) is 0 Å². The van der Waals surface area contributed by atoms with E-state index in [1.54, 1.807) is 13.0 Å². The van der Waals surface area contributed by atoms with Crippen LogP contribution in [0.25, 0.3) is 0 Å². The van der Waals surface area contributed by atoms with Crippen LogP contribution in [0.4, 0.5) is 5.69 Å². The fraction of sp³-hybridized carbons (Fsp3) is 0.300. The molecule has 5 heteroatoms. The lowest BCUT2D eigenvalue weighted by atomic mass is 10.1. The Labute approximate surface area is 92.6 Å². The molecule has 1 aromatic carbocycles. The number of carbonyl (C=O) groups is 1. The average molecular weight is 230 g/mol. The maximum atomic E-state index is 11.5. The highest BCUT2D eigenvalue weighted by atomic mass is 35.5. The third kappa shape index (κ3) is 2.84. The van der Waals surface area contributed by atoms with Gasteiger partial charge in [-0.05, 0) is 24.6 Å². The highest BCUT2D eigenvalue weighted by Gasteiger charge is 2.13. The number of nitrogen functional groups attached to an aromatic ring is 1. The number of nitrogens with two attached hydrogens (primary N) is 1. The van der Waals surface area contributed by atoms with Crippen molar-refractivity contribution in [2.24, 2.45) is 0 Å². The van der Waals surface area contributed by atoms with E-state index in [0.717, 1.165) is 5.56 Å². The molecular formula is C10H12ClNO3. The molecule has 0 saturated carbocycles. The van der Waals surface area contributed by atoms with E-state index in [-0.39, 0.29) is 18.8 Å². The van der Waals surface area contributed by atoms with Crippen LogP contribution in [-0.4, -0.2) is 24.3 Å². The summed E-state index contributed by atoms with van der Waals surface area (Å²) in [5, 5.41) is 8.93. The van der Waals surface area contributed by atoms with Gasteiger partial charge >= 0.3 is 5.97 Å². The van der Waals surface area contributed by atoms with Crippen LogP contribution in [0.5, 0.6) is 0 Å². The van der Waals surface area contributed by atoms with E-state index in [9.17, 15) is 4.79 Å². The van der Waals surface area contributed by atoms with Crippen molar-refractivity contribution in [3.8, 4) is 0 Å². The van der Waals surface area contributed by atoms with Gasteiger partial charge in [0.25, 0.3) is 0 Å². The number of aliphatic hydroxyl groups is 1. The second-order valence-electron chi connectivity index (χ2n) is 3.04. The van der Waals surface area contributed by atoms with Gasteiger partial charge in [0.1, 0.15) is 6.61 Å². The first-order valence-corrected chi connectivity index (χ1v) is 4.77. The molecule has 0 fully saturated rings. The van der Waals surface area contributed by atoms with Gasteiger partial charge in [-0.25, -0.2) is 4.79 Å². The number of hydrogen-bond acceptors (Lipinski definition) is 4. The number of halogens is 1.